The molecule has 0 saturated heterocycles. The van der Waals surface area contributed by atoms with Crippen LogP contribution in [0.5, 0.6) is 0 Å². The largest absolute Gasteiger partial charge is 0.466 e. The van der Waals surface area contributed by atoms with Crippen molar-refractivity contribution in [2.75, 3.05) is 0 Å². The van der Waals surface area contributed by atoms with Gasteiger partial charge in [0.2, 0.25) is 0 Å². The summed E-state index contributed by atoms with van der Waals surface area (Å²) in [5.41, 5.74) is 2.32. The summed E-state index contributed by atoms with van der Waals surface area (Å²) in [6, 6.07) is 5.98. The second-order valence-corrected chi connectivity index (χ2v) is 5.32. The number of halogens is 1. The molecule has 0 saturated carbocycles. The van der Waals surface area contributed by atoms with Gasteiger partial charge in [0.15, 0.2) is 0 Å². The Morgan fingerprint density at radius 1 is 1.33 bits per heavy atom. The van der Waals surface area contributed by atoms with Crippen LogP contribution in [0, 0.1) is 32.1 Å². The van der Waals surface area contributed by atoms with Crippen molar-refractivity contribution in [2.45, 2.75) is 20.8 Å². The number of hydrogen-bond donors (Lipinski definition) is 0. The highest BCUT2D eigenvalue weighted by molar-refractivity contribution is 7.11. The summed E-state index contributed by atoms with van der Waals surface area (Å²) >= 11 is 7.89. The first kappa shape index (κ1) is 12.9. The number of thiophene rings is 1. The topological polar surface area (TPSA) is 36.9 Å². The molecular formula is C14H12ClNOS. The molecule has 0 spiro atoms. The van der Waals surface area contributed by atoms with Gasteiger partial charge in [-0.05, 0) is 37.8 Å². The molecule has 0 aliphatic heterocycles. The molecule has 0 aliphatic rings. The molecule has 0 atom stereocenters. The second-order valence-electron chi connectivity index (χ2n) is 3.99. The molecule has 0 N–H and O–H groups in total. The van der Waals surface area contributed by atoms with Crippen molar-refractivity contribution in [1.82, 2.24) is 0 Å². The Hall–Kier alpha value is -1.50. The van der Waals surface area contributed by atoms with Gasteiger partial charge in [-0.15, -0.1) is 11.3 Å². The number of hydrogen-bond acceptors (Lipinski definition) is 3. The van der Waals surface area contributed by atoms with Gasteiger partial charge < -0.3 is 4.42 Å². The molecular weight excluding hydrogens is 266 g/mol. The number of nitriles is 1. The smallest absolute Gasteiger partial charge is 0.110 e. The summed E-state index contributed by atoms with van der Waals surface area (Å²) in [4.78, 5) is 0.875. The van der Waals surface area contributed by atoms with Crippen LogP contribution in [0.2, 0.25) is 0 Å². The van der Waals surface area contributed by atoms with Crippen LogP contribution in [-0.4, -0.2) is 0 Å². The van der Waals surface area contributed by atoms with E-state index in [0.717, 1.165) is 27.5 Å². The Labute approximate surface area is 115 Å². The lowest BCUT2D eigenvalue weighted by atomic mass is 10.1. The standard InChI is InChI=1S/C14H12ClNOS/c1-8-9(2)17-10(3)13(8)14(15)11(7-16)12-5-4-6-18-12/h4-6H,1-3H3/b14-11-. The monoisotopic (exact) mass is 277 g/mol. The minimum atomic E-state index is 0.465. The summed E-state index contributed by atoms with van der Waals surface area (Å²) < 4.78 is 5.55. The Balaban J connectivity index is 2.66. The third kappa shape index (κ3) is 2.10. The normalized spacial score (nSPS) is 12.2. The average molecular weight is 278 g/mol. The molecule has 2 nitrogen and oxygen atoms in total. The van der Waals surface area contributed by atoms with Crippen molar-refractivity contribution < 1.29 is 4.42 Å². The predicted molar refractivity (Wildman–Crippen MR) is 75.5 cm³/mol. The van der Waals surface area contributed by atoms with Crippen LogP contribution in [-0.2, 0) is 0 Å². The van der Waals surface area contributed by atoms with Crippen LogP contribution in [0.3, 0.4) is 0 Å². The van der Waals surface area contributed by atoms with Gasteiger partial charge in [0, 0.05) is 10.4 Å². The zero-order chi connectivity index (χ0) is 13.3. The highest BCUT2D eigenvalue weighted by atomic mass is 35.5. The molecule has 4 heteroatoms. The maximum Gasteiger partial charge on any atom is 0.110 e. The van der Waals surface area contributed by atoms with Crippen molar-refractivity contribution in [3.63, 3.8) is 0 Å². The lowest BCUT2D eigenvalue weighted by Gasteiger charge is -2.02. The van der Waals surface area contributed by atoms with Crippen molar-refractivity contribution >= 4 is 33.5 Å². The van der Waals surface area contributed by atoms with Gasteiger partial charge >= 0.3 is 0 Å². The molecule has 2 rings (SSSR count). The Morgan fingerprint density at radius 2 is 2.06 bits per heavy atom. The van der Waals surface area contributed by atoms with Crippen LogP contribution in [0.25, 0.3) is 10.6 Å². The molecule has 92 valence electrons. The number of furan rings is 1. The van der Waals surface area contributed by atoms with Crippen molar-refractivity contribution in [3.05, 3.63) is 45.0 Å². The van der Waals surface area contributed by atoms with E-state index in [1.54, 1.807) is 0 Å². The van der Waals surface area contributed by atoms with E-state index in [0.29, 0.717) is 10.6 Å². The predicted octanol–water partition coefficient (Wildman–Crippen LogP) is 4.90. The number of nitrogens with zero attached hydrogens (tertiary/aromatic N) is 1. The quantitative estimate of drug-likeness (QED) is 0.732. The summed E-state index contributed by atoms with van der Waals surface area (Å²) in [6.45, 7) is 5.71. The molecule has 0 aromatic carbocycles. The van der Waals surface area contributed by atoms with Crippen molar-refractivity contribution in [3.8, 4) is 6.07 Å². The average Bonchev–Trinajstić information content (AvgIpc) is 2.90. The third-order valence-electron chi connectivity index (χ3n) is 2.88. The highest BCUT2D eigenvalue weighted by Crippen LogP contribution is 2.36. The van der Waals surface area contributed by atoms with Crippen molar-refractivity contribution in [1.29, 1.82) is 5.26 Å². The van der Waals surface area contributed by atoms with E-state index in [4.69, 9.17) is 16.0 Å². The zero-order valence-electron chi connectivity index (χ0n) is 10.4. The van der Waals surface area contributed by atoms with E-state index in [2.05, 4.69) is 6.07 Å². The maximum absolute atomic E-state index is 9.30. The van der Waals surface area contributed by atoms with E-state index in [1.807, 2.05) is 38.3 Å². The van der Waals surface area contributed by atoms with E-state index in [1.165, 1.54) is 11.3 Å². The highest BCUT2D eigenvalue weighted by Gasteiger charge is 2.18. The first-order valence-corrected chi connectivity index (χ1v) is 6.72. The molecule has 2 aromatic rings. The Bertz CT molecular complexity index is 644. The first-order chi connectivity index (χ1) is 8.56. The molecule has 2 heterocycles. The number of allylic oxidation sites excluding steroid dienone is 1. The van der Waals surface area contributed by atoms with Crippen LogP contribution < -0.4 is 0 Å². The van der Waals surface area contributed by atoms with Crippen LogP contribution in [0.15, 0.2) is 21.9 Å². The zero-order valence-corrected chi connectivity index (χ0v) is 11.9. The molecule has 0 unspecified atom stereocenters. The SMILES string of the molecule is Cc1oc(C)c(/C(Cl)=C(\C#N)c2cccs2)c1C. The minimum Gasteiger partial charge on any atom is -0.466 e. The van der Waals surface area contributed by atoms with E-state index in [-0.39, 0.29) is 0 Å². The van der Waals surface area contributed by atoms with Gasteiger partial charge in [0.05, 0.1) is 10.6 Å². The van der Waals surface area contributed by atoms with Gasteiger partial charge in [0.25, 0.3) is 0 Å². The van der Waals surface area contributed by atoms with Gasteiger partial charge in [-0.1, -0.05) is 17.7 Å². The lowest BCUT2D eigenvalue weighted by Crippen LogP contribution is -1.86. The fourth-order valence-electron chi connectivity index (χ4n) is 1.87. The second kappa shape index (κ2) is 5.01. The summed E-state index contributed by atoms with van der Waals surface area (Å²) in [6.07, 6.45) is 0. The Kier molecular flexibility index (Phi) is 3.60. The molecule has 0 aliphatic carbocycles. The van der Waals surface area contributed by atoms with Crippen LogP contribution in [0.1, 0.15) is 27.5 Å². The first-order valence-electron chi connectivity index (χ1n) is 5.47. The Morgan fingerprint density at radius 3 is 2.50 bits per heavy atom. The van der Waals surface area contributed by atoms with Crippen molar-refractivity contribution in [2.24, 2.45) is 0 Å². The molecule has 0 radical (unpaired) electrons. The molecule has 0 amide bonds. The maximum atomic E-state index is 9.30. The summed E-state index contributed by atoms with van der Waals surface area (Å²) in [5.74, 6) is 1.59. The van der Waals surface area contributed by atoms with Crippen LogP contribution in [0.4, 0.5) is 0 Å². The summed E-state index contributed by atoms with van der Waals surface area (Å²) in [5, 5.41) is 11.7. The van der Waals surface area contributed by atoms with Gasteiger partial charge in [-0.2, -0.15) is 5.26 Å². The van der Waals surface area contributed by atoms with Gasteiger partial charge in [-0.3, -0.25) is 0 Å². The van der Waals surface area contributed by atoms with E-state index in [9.17, 15) is 5.26 Å². The molecule has 0 fully saturated rings. The number of aryl methyl sites for hydroxylation is 2. The fraction of sp³-hybridized carbons (Fsp3) is 0.214. The lowest BCUT2D eigenvalue weighted by molar-refractivity contribution is 0.502. The van der Waals surface area contributed by atoms with Gasteiger partial charge in [0.1, 0.15) is 17.6 Å². The van der Waals surface area contributed by atoms with Crippen LogP contribution >= 0.6 is 22.9 Å². The minimum absolute atomic E-state index is 0.465. The molecule has 0 bridgehead atoms. The number of rotatable bonds is 2. The molecule has 18 heavy (non-hydrogen) atoms. The fourth-order valence-corrected chi connectivity index (χ4v) is 3.08. The third-order valence-corrected chi connectivity index (χ3v) is 4.15. The van der Waals surface area contributed by atoms with Gasteiger partial charge in [-0.25, -0.2) is 0 Å². The summed E-state index contributed by atoms with van der Waals surface area (Å²) in [7, 11) is 0. The van der Waals surface area contributed by atoms with E-state index >= 15 is 0 Å². The molecule has 2 aromatic heterocycles. The van der Waals surface area contributed by atoms with E-state index < -0.39 is 0 Å².